The monoisotopic (exact) mass is 349 g/mol. The van der Waals surface area contributed by atoms with Crippen LogP contribution >= 0.6 is 31.9 Å². The molecule has 0 aliphatic heterocycles. The maximum atomic E-state index is 5.38. The first-order valence-corrected chi connectivity index (χ1v) is 7.00. The molecule has 90 valence electrons. The number of halogens is 2. The van der Waals surface area contributed by atoms with Crippen molar-refractivity contribution in [3.63, 3.8) is 0 Å². The van der Waals surface area contributed by atoms with Crippen LogP contribution in [-0.4, -0.2) is 13.7 Å². The smallest absolute Gasteiger partial charge is 0.137 e. The molecule has 2 nitrogen and oxygen atoms in total. The molecule has 0 aromatic heterocycles. The van der Waals surface area contributed by atoms with Crippen molar-refractivity contribution in [2.75, 3.05) is 13.7 Å². The SMILES string of the molecule is CCCCNCc1cc(Br)cc(Br)c1OC. The highest BCUT2D eigenvalue weighted by molar-refractivity contribution is 9.11. The maximum absolute atomic E-state index is 5.38. The van der Waals surface area contributed by atoms with Crippen LogP contribution in [0.1, 0.15) is 25.3 Å². The normalized spacial score (nSPS) is 10.5. The average molecular weight is 351 g/mol. The Morgan fingerprint density at radius 1 is 1.31 bits per heavy atom. The first-order chi connectivity index (χ1) is 7.69. The van der Waals surface area contributed by atoms with E-state index in [1.807, 2.05) is 6.07 Å². The van der Waals surface area contributed by atoms with Gasteiger partial charge < -0.3 is 10.1 Å². The van der Waals surface area contributed by atoms with Gasteiger partial charge in [0.2, 0.25) is 0 Å². The summed E-state index contributed by atoms with van der Waals surface area (Å²) in [5.74, 6) is 0.909. The molecule has 1 N–H and O–H groups in total. The van der Waals surface area contributed by atoms with Crippen molar-refractivity contribution < 1.29 is 4.74 Å². The zero-order valence-electron chi connectivity index (χ0n) is 9.65. The lowest BCUT2D eigenvalue weighted by molar-refractivity contribution is 0.405. The van der Waals surface area contributed by atoms with E-state index < -0.39 is 0 Å². The van der Waals surface area contributed by atoms with Gasteiger partial charge in [-0.1, -0.05) is 29.3 Å². The molecule has 0 aliphatic carbocycles. The number of ether oxygens (including phenoxy) is 1. The van der Waals surface area contributed by atoms with Crippen LogP contribution in [0.2, 0.25) is 0 Å². The Morgan fingerprint density at radius 3 is 2.69 bits per heavy atom. The third kappa shape index (κ3) is 4.07. The maximum Gasteiger partial charge on any atom is 0.137 e. The Labute approximate surface area is 114 Å². The van der Waals surface area contributed by atoms with Crippen molar-refractivity contribution in [1.82, 2.24) is 5.32 Å². The van der Waals surface area contributed by atoms with Gasteiger partial charge in [0.25, 0.3) is 0 Å². The van der Waals surface area contributed by atoms with Crippen LogP contribution in [0, 0.1) is 0 Å². The second kappa shape index (κ2) is 7.30. The van der Waals surface area contributed by atoms with Gasteiger partial charge in [0.1, 0.15) is 5.75 Å². The number of benzene rings is 1. The Hall–Kier alpha value is -0.0600. The molecule has 0 spiro atoms. The number of hydrogen-bond acceptors (Lipinski definition) is 2. The fraction of sp³-hybridized carbons (Fsp3) is 0.500. The number of rotatable bonds is 6. The van der Waals surface area contributed by atoms with Crippen LogP contribution in [-0.2, 0) is 6.54 Å². The third-order valence-electron chi connectivity index (χ3n) is 2.31. The summed E-state index contributed by atoms with van der Waals surface area (Å²) in [7, 11) is 1.70. The quantitative estimate of drug-likeness (QED) is 0.779. The molecular weight excluding hydrogens is 334 g/mol. The molecule has 0 saturated heterocycles. The summed E-state index contributed by atoms with van der Waals surface area (Å²) >= 11 is 6.98. The van der Waals surface area contributed by atoms with Crippen LogP contribution in [0.25, 0.3) is 0 Å². The summed E-state index contributed by atoms with van der Waals surface area (Å²) in [6.45, 7) is 4.07. The molecule has 1 aromatic carbocycles. The van der Waals surface area contributed by atoms with E-state index in [1.165, 1.54) is 18.4 Å². The molecular formula is C12H17Br2NO. The van der Waals surface area contributed by atoms with Gasteiger partial charge in [-0.2, -0.15) is 0 Å². The van der Waals surface area contributed by atoms with Crippen LogP contribution < -0.4 is 10.1 Å². The summed E-state index contributed by atoms with van der Waals surface area (Å²) in [6, 6.07) is 4.08. The van der Waals surface area contributed by atoms with Crippen molar-refractivity contribution in [2.45, 2.75) is 26.3 Å². The highest BCUT2D eigenvalue weighted by Crippen LogP contribution is 2.32. The molecule has 1 rings (SSSR count). The zero-order valence-corrected chi connectivity index (χ0v) is 12.8. The minimum absolute atomic E-state index is 0.835. The predicted octanol–water partition coefficient (Wildman–Crippen LogP) is 4.11. The van der Waals surface area contributed by atoms with Gasteiger partial charge in [0, 0.05) is 16.6 Å². The largest absolute Gasteiger partial charge is 0.495 e. The highest BCUT2D eigenvalue weighted by atomic mass is 79.9. The number of hydrogen-bond donors (Lipinski definition) is 1. The highest BCUT2D eigenvalue weighted by Gasteiger charge is 2.08. The second-order valence-corrected chi connectivity index (χ2v) is 5.38. The fourth-order valence-electron chi connectivity index (χ4n) is 1.50. The van der Waals surface area contributed by atoms with Gasteiger partial charge in [-0.3, -0.25) is 0 Å². The standard InChI is InChI=1S/C12H17Br2NO/c1-3-4-5-15-8-9-6-10(13)7-11(14)12(9)16-2/h6-7,15H,3-5,8H2,1-2H3. The van der Waals surface area contributed by atoms with Gasteiger partial charge in [-0.25, -0.2) is 0 Å². The van der Waals surface area contributed by atoms with E-state index in [9.17, 15) is 0 Å². The molecule has 4 heteroatoms. The van der Waals surface area contributed by atoms with Gasteiger partial charge in [-0.15, -0.1) is 0 Å². The third-order valence-corrected chi connectivity index (χ3v) is 3.36. The molecule has 0 bridgehead atoms. The molecule has 0 aliphatic rings. The van der Waals surface area contributed by atoms with Crippen molar-refractivity contribution in [3.8, 4) is 5.75 Å². The lowest BCUT2D eigenvalue weighted by Crippen LogP contribution is -2.15. The van der Waals surface area contributed by atoms with E-state index in [0.29, 0.717) is 0 Å². The van der Waals surface area contributed by atoms with Crippen LogP contribution in [0.3, 0.4) is 0 Å². The Bertz CT molecular complexity index is 342. The molecule has 16 heavy (non-hydrogen) atoms. The summed E-state index contributed by atoms with van der Waals surface area (Å²) in [5.41, 5.74) is 1.17. The van der Waals surface area contributed by atoms with E-state index in [0.717, 1.165) is 27.8 Å². The first kappa shape index (κ1) is 14.0. The molecule has 0 heterocycles. The lowest BCUT2D eigenvalue weighted by atomic mass is 10.2. The van der Waals surface area contributed by atoms with Crippen molar-refractivity contribution in [2.24, 2.45) is 0 Å². The van der Waals surface area contributed by atoms with E-state index in [4.69, 9.17) is 4.74 Å². The van der Waals surface area contributed by atoms with Crippen LogP contribution in [0.15, 0.2) is 21.1 Å². The molecule has 1 aromatic rings. The first-order valence-electron chi connectivity index (χ1n) is 5.41. The number of unbranched alkanes of at least 4 members (excludes halogenated alkanes) is 1. The van der Waals surface area contributed by atoms with Crippen molar-refractivity contribution in [1.29, 1.82) is 0 Å². The summed E-state index contributed by atoms with van der Waals surface area (Å²) < 4.78 is 7.43. The molecule has 0 atom stereocenters. The summed E-state index contributed by atoms with van der Waals surface area (Å²) in [6.07, 6.45) is 2.42. The topological polar surface area (TPSA) is 21.3 Å². The van der Waals surface area contributed by atoms with Crippen LogP contribution in [0.5, 0.6) is 5.75 Å². The molecule has 0 amide bonds. The Balaban J connectivity index is 2.69. The van der Waals surface area contributed by atoms with E-state index in [-0.39, 0.29) is 0 Å². The van der Waals surface area contributed by atoms with Crippen LogP contribution in [0.4, 0.5) is 0 Å². The minimum atomic E-state index is 0.835. The van der Waals surface area contributed by atoms with Crippen molar-refractivity contribution in [3.05, 3.63) is 26.6 Å². The van der Waals surface area contributed by atoms with Gasteiger partial charge >= 0.3 is 0 Å². The molecule has 0 fully saturated rings. The average Bonchev–Trinajstić information content (AvgIpc) is 2.24. The van der Waals surface area contributed by atoms with E-state index in [2.05, 4.69) is 50.2 Å². The van der Waals surface area contributed by atoms with Gasteiger partial charge in [0.15, 0.2) is 0 Å². The number of methoxy groups -OCH3 is 1. The van der Waals surface area contributed by atoms with E-state index in [1.54, 1.807) is 7.11 Å². The van der Waals surface area contributed by atoms with Gasteiger partial charge in [-0.05, 0) is 41.0 Å². The Morgan fingerprint density at radius 2 is 2.06 bits per heavy atom. The predicted molar refractivity (Wildman–Crippen MR) is 75.0 cm³/mol. The molecule has 0 radical (unpaired) electrons. The molecule has 0 unspecified atom stereocenters. The summed E-state index contributed by atoms with van der Waals surface area (Å²) in [5, 5.41) is 3.41. The fourth-order valence-corrected chi connectivity index (χ4v) is 2.97. The van der Waals surface area contributed by atoms with Crippen molar-refractivity contribution >= 4 is 31.9 Å². The zero-order chi connectivity index (χ0) is 12.0. The Kier molecular flexibility index (Phi) is 6.39. The minimum Gasteiger partial charge on any atom is -0.495 e. The second-order valence-electron chi connectivity index (χ2n) is 3.61. The van der Waals surface area contributed by atoms with E-state index >= 15 is 0 Å². The van der Waals surface area contributed by atoms with Gasteiger partial charge in [0.05, 0.1) is 11.6 Å². The summed E-state index contributed by atoms with van der Waals surface area (Å²) in [4.78, 5) is 0. The molecule has 0 saturated carbocycles. The number of nitrogens with one attached hydrogen (secondary N) is 1. The lowest BCUT2D eigenvalue weighted by Gasteiger charge is -2.12.